The molecule has 0 nitrogen and oxygen atoms in total. The number of benzene rings is 1. The Morgan fingerprint density at radius 2 is 2.00 bits per heavy atom. The Morgan fingerprint density at radius 3 is 2.71 bits per heavy atom. The van der Waals surface area contributed by atoms with Crippen LogP contribution in [0.1, 0.15) is 24.0 Å². The highest BCUT2D eigenvalue weighted by Gasteiger charge is 1.98. The number of rotatable bonds is 5. The first-order valence-corrected chi connectivity index (χ1v) is 7.11. The summed E-state index contributed by atoms with van der Waals surface area (Å²) in [5.74, 6) is 1.23. The zero-order valence-electron chi connectivity index (χ0n) is 8.85. The molecule has 0 fully saturated rings. The van der Waals surface area contributed by atoms with Crippen molar-refractivity contribution in [3.63, 3.8) is 0 Å². The van der Waals surface area contributed by atoms with Gasteiger partial charge in [-0.3, -0.25) is 0 Å². The Hall–Kier alpha value is 0.0500. The van der Waals surface area contributed by atoms with Crippen molar-refractivity contribution in [3.8, 4) is 0 Å². The number of halogens is 1. The smallest absolute Gasteiger partial charge is 0.0104 e. The highest BCUT2D eigenvalue weighted by molar-refractivity contribution is 9.09. The van der Waals surface area contributed by atoms with Crippen molar-refractivity contribution in [1.29, 1.82) is 0 Å². The summed E-state index contributed by atoms with van der Waals surface area (Å²) in [6, 6.07) is 6.67. The second kappa shape index (κ2) is 6.52. The molecule has 2 heteroatoms. The summed E-state index contributed by atoms with van der Waals surface area (Å²) in [6.07, 6.45) is 2.57. The Morgan fingerprint density at radius 1 is 1.21 bits per heavy atom. The molecule has 0 radical (unpaired) electrons. The second-order valence-electron chi connectivity index (χ2n) is 3.51. The molecule has 0 heterocycles. The second-order valence-corrected chi connectivity index (χ2v) is 5.44. The Kier molecular flexibility index (Phi) is 5.64. The molecule has 1 aromatic carbocycles. The fourth-order valence-corrected chi connectivity index (χ4v) is 2.77. The molecular formula is C12H17BrS. The third kappa shape index (κ3) is 4.05. The van der Waals surface area contributed by atoms with Gasteiger partial charge in [0.15, 0.2) is 0 Å². The van der Waals surface area contributed by atoms with Crippen molar-refractivity contribution in [2.75, 3.05) is 11.1 Å². The van der Waals surface area contributed by atoms with Crippen molar-refractivity contribution < 1.29 is 0 Å². The summed E-state index contributed by atoms with van der Waals surface area (Å²) in [5, 5.41) is 1.13. The Balaban J connectivity index is 2.45. The summed E-state index contributed by atoms with van der Waals surface area (Å²) in [5.41, 5.74) is 2.76. The zero-order chi connectivity index (χ0) is 10.4. The molecule has 0 aliphatic carbocycles. The van der Waals surface area contributed by atoms with Crippen molar-refractivity contribution in [2.45, 2.75) is 31.6 Å². The highest BCUT2D eigenvalue weighted by atomic mass is 79.9. The van der Waals surface area contributed by atoms with Crippen LogP contribution in [0, 0.1) is 13.8 Å². The zero-order valence-corrected chi connectivity index (χ0v) is 11.2. The molecule has 0 unspecified atom stereocenters. The largest absolute Gasteiger partial charge is 0.126 e. The van der Waals surface area contributed by atoms with E-state index in [0.717, 1.165) is 5.33 Å². The van der Waals surface area contributed by atoms with Crippen LogP contribution >= 0.6 is 27.7 Å². The van der Waals surface area contributed by atoms with Gasteiger partial charge in [0.1, 0.15) is 0 Å². The molecule has 1 aromatic rings. The maximum Gasteiger partial charge on any atom is 0.0104 e. The first kappa shape index (κ1) is 12.1. The molecule has 0 aromatic heterocycles. The lowest BCUT2D eigenvalue weighted by molar-refractivity contribution is 0.912. The normalized spacial score (nSPS) is 10.5. The van der Waals surface area contributed by atoms with Crippen LogP contribution in [-0.2, 0) is 0 Å². The Bertz CT molecular complexity index is 284. The van der Waals surface area contributed by atoms with E-state index in [1.807, 2.05) is 11.8 Å². The van der Waals surface area contributed by atoms with Crippen LogP contribution in [-0.4, -0.2) is 11.1 Å². The average Bonchev–Trinajstić information content (AvgIpc) is 2.18. The van der Waals surface area contributed by atoms with E-state index >= 15 is 0 Å². The number of hydrogen-bond acceptors (Lipinski definition) is 1. The van der Waals surface area contributed by atoms with Gasteiger partial charge in [0.2, 0.25) is 0 Å². The molecule has 0 N–H and O–H groups in total. The molecule has 0 spiro atoms. The SMILES string of the molecule is Cc1ccc(C)c(SCCCCBr)c1. The highest BCUT2D eigenvalue weighted by Crippen LogP contribution is 2.24. The van der Waals surface area contributed by atoms with Crippen LogP contribution in [0.3, 0.4) is 0 Å². The summed E-state index contributed by atoms with van der Waals surface area (Å²) in [7, 11) is 0. The van der Waals surface area contributed by atoms with Crippen molar-refractivity contribution >= 4 is 27.7 Å². The lowest BCUT2D eigenvalue weighted by Gasteiger charge is -2.06. The van der Waals surface area contributed by atoms with Gasteiger partial charge in [0.25, 0.3) is 0 Å². The summed E-state index contributed by atoms with van der Waals surface area (Å²) in [4.78, 5) is 1.44. The topological polar surface area (TPSA) is 0 Å². The molecule has 14 heavy (non-hydrogen) atoms. The van der Waals surface area contributed by atoms with Crippen LogP contribution in [0.15, 0.2) is 23.1 Å². The van der Waals surface area contributed by atoms with Crippen molar-refractivity contribution in [2.24, 2.45) is 0 Å². The van der Waals surface area contributed by atoms with Gasteiger partial charge >= 0.3 is 0 Å². The van der Waals surface area contributed by atoms with E-state index in [2.05, 4.69) is 48.0 Å². The van der Waals surface area contributed by atoms with E-state index in [-0.39, 0.29) is 0 Å². The van der Waals surface area contributed by atoms with Crippen LogP contribution in [0.25, 0.3) is 0 Å². The minimum atomic E-state index is 1.13. The number of unbranched alkanes of at least 4 members (excludes halogenated alkanes) is 1. The van der Waals surface area contributed by atoms with Crippen molar-refractivity contribution in [3.05, 3.63) is 29.3 Å². The van der Waals surface area contributed by atoms with Gasteiger partial charge in [-0.2, -0.15) is 0 Å². The number of thioether (sulfide) groups is 1. The minimum Gasteiger partial charge on any atom is -0.126 e. The molecular weight excluding hydrogens is 256 g/mol. The molecule has 78 valence electrons. The third-order valence-electron chi connectivity index (χ3n) is 2.13. The van der Waals surface area contributed by atoms with Crippen LogP contribution in [0.2, 0.25) is 0 Å². The quantitative estimate of drug-likeness (QED) is 0.430. The molecule has 0 amide bonds. The van der Waals surface area contributed by atoms with E-state index in [9.17, 15) is 0 Å². The van der Waals surface area contributed by atoms with Crippen LogP contribution in [0.4, 0.5) is 0 Å². The summed E-state index contributed by atoms with van der Waals surface area (Å²) >= 11 is 5.43. The van der Waals surface area contributed by atoms with Gasteiger partial charge in [0.05, 0.1) is 0 Å². The number of hydrogen-bond donors (Lipinski definition) is 0. The van der Waals surface area contributed by atoms with Crippen LogP contribution in [0.5, 0.6) is 0 Å². The summed E-state index contributed by atoms with van der Waals surface area (Å²) < 4.78 is 0. The van der Waals surface area contributed by atoms with E-state index in [1.165, 1.54) is 34.6 Å². The van der Waals surface area contributed by atoms with Crippen molar-refractivity contribution in [1.82, 2.24) is 0 Å². The average molecular weight is 273 g/mol. The maximum atomic E-state index is 3.45. The molecule has 0 bridgehead atoms. The fourth-order valence-electron chi connectivity index (χ4n) is 1.24. The lowest BCUT2D eigenvalue weighted by atomic mass is 10.2. The number of aryl methyl sites for hydroxylation is 2. The fraction of sp³-hybridized carbons (Fsp3) is 0.500. The monoisotopic (exact) mass is 272 g/mol. The van der Waals surface area contributed by atoms with E-state index in [4.69, 9.17) is 0 Å². The van der Waals surface area contributed by atoms with Gasteiger partial charge in [-0.05, 0) is 44.1 Å². The van der Waals surface area contributed by atoms with E-state index < -0.39 is 0 Å². The van der Waals surface area contributed by atoms with E-state index in [1.54, 1.807) is 0 Å². The minimum absolute atomic E-state index is 1.13. The van der Waals surface area contributed by atoms with E-state index in [0.29, 0.717) is 0 Å². The predicted octanol–water partition coefficient (Wildman–Crippen LogP) is 4.57. The maximum absolute atomic E-state index is 3.45. The van der Waals surface area contributed by atoms with Gasteiger partial charge in [0, 0.05) is 10.2 Å². The third-order valence-corrected chi connectivity index (χ3v) is 3.93. The first-order chi connectivity index (χ1) is 6.74. The standard InChI is InChI=1S/C12H17BrS/c1-10-5-6-11(2)12(9-10)14-8-4-3-7-13/h5-6,9H,3-4,7-8H2,1-2H3. The van der Waals surface area contributed by atoms with Gasteiger partial charge in [-0.15, -0.1) is 11.8 Å². The molecule has 0 atom stereocenters. The predicted molar refractivity (Wildman–Crippen MR) is 69.7 cm³/mol. The van der Waals surface area contributed by atoms with Gasteiger partial charge < -0.3 is 0 Å². The summed E-state index contributed by atoms with van der Waals surface area (Å²) in [6.45, 7) is 4.34. The van der Waals surface area contributed by atoms with Gasteiger partial charge in [-0.1, -0.05) is 33.6 Å². The first-order valence-electron chi connectivity index (χ1n) is 5.00. The van der Waals surface area contributed by atoms with Gasteiger partial charge in [-0.25, -0.2) is 0 Å². The molecule has 0 aliphatic heterocycles. The Labute approximate surface area is 99.6 Å². The number of alkyl halides is 1. The lowest BCUT2D eigenvalue weighted by Crippen LogP contribution is -1.85. The molecule has 0 aliphatic rings. The molecule has 0 saturated heterocycles. The molecule has 1 rings (SSSR count). The molecule has 0 saturated carbocycles. The van der Waals surface area contributed by atoms with Crippen LogP contribution < -0.4 is 0 Å².